The van der Waals surface area contributed by atoms with Gasteiger partial charge in [-0.1, -0.05) is 37.3 Å². The fourth-order valence-electron chi connectivity index (χ4n) is 1.57. The third-order valence-electron chi connectivity index (χ3n) is 2.47. The topological polar surface area (TPSA) is 38.7 Å². The zero-order valence-corrected chi connectivity index (χ0v) is 9.35. The van der Waals surface area contributed by atoms with Crippen LogP contribution in [0.15, 0.2) is 35.3 Å². The summed E-state index contributed by atoms with van der Waals surface area (Å²) in [6.45, 7) is 2.35. The van der Waals surface area contributed by atoms with Crippen LogP contribution in [-0.4, -0.2) is 24.3 Å². The van der Waals surface area contributed by atoms with Gasteiger partial charge in [0.1, 0.15) is 12.6 Å². The quantitative estimate of drug-likeness (QED) is 0.709. The monoisotopic (exact) mass is 217 g/mol. The van der Waals surface area contributed by atoms with Crippen molar-refractivity contribution in [1.82, 2.24) is 0 Å². The minimum absolute atomic E-state index is 0.0863. The summed E-state index contributed by atoms with van der Waals surface area (Å²) in [6, 6.07) is 10.1. The van der Waals surface area contributed by atoms with Crippen molar-refractivity contribution in [2.75, 3.05) is 6.61 Å². The third kappa shape index (κ3) is 2.69. The smallest absolute Gasteiger partial charge is 0.305 e. The zero-order chi connectivity index (χ0) is 11.4. The van der Waals surface area contributed by atoms with E-state index in [0.717, 1.165) is 17.7 Å². The molecule has 16 heavy (non-hydrogen) atoms. The van der Waals surface area contributed by atoms with Crippen molar-refractivity contribution in [3.63, 3.8) is 0 Å². The molecule has 0 saturated carbocycles. The lowest BCUT2D eigenvalue weighted by molar-refractivity contribution is -0.143. The Bertz CT molecular complexity index is 398. The van der Waals surface area contributed by atoms with Gasteiger partial charge in [-0.3, -0.25) is 9.79 Å². The van der Waals surface area contributed by atoms with Crippen molar-refractivity contribution < 1.29 is 9.53 Å². The molecular weight excluding hydrogens is 202 g/mol. The summed E-state index contributed by atoms with van der Waals surface area (Å²) in [5.41, 5.74) is 2.17. The van der Waals surface area contributed by atoms with Gasteiger partial charge in [-0.2, -0.15) is 0 Å². The molecule has 0 fully saturated rings. The van der Waals surface area contributed by atoms with E-state index < -0.39 is 0 Å². The number of rotatable bonds is 5. The first kappa shape index (κ1) is 10.9. The van der Waals surface area contributed by atoms with Gasteiger partial charge in [0.2, 0.25) is 0 Å². The highest BCUT2D eigenvalue weighted by molar-refractivity contribution is 6.13. The van der Waals surface area contributed by atoms with Crippen LogP contribution in [0.2, 0.25) is 0 Å². The molecule has 0 unspecified atom stereocenters. The number of carbonyl (C=O) groups is 1. The Morgan fingerprint density at radius 1 is 1.38 bits per heavy atom. The van der Waals surface area contributed by atoms with Crippen molar-refractivity contribution in [2.24, 2.45) is 4.99 Å². The molecule has 1 aliphatic heterocycles. The number of carbonyl (C=O) groups excluding carboxylic acids is 1. The highest BCUT2D eigenvalue weighted by atomic mass is 16.5. The highest BCUT2D eigenvalue weighted by Crippen LogP contribution is 2.20. The van der Waals surface area contributed by atoms with E-state index in [2.05, 4.69) is 4.99 Å². The molecule has 0 bridgehead atoms. The van der Waals surface area contributed by atoms with E-state index >= 15 is 0 Å². The van der Waals surface area contributed by atoms with Crippen LogP contribution in [0, 0.1) is 0 Å². The van der Waals surface area contributed by atoms with Crippen LogP contribution >= 0.6 is 0 Å². The lowest BCUT2D eigenvalue weighted by atomic mass is 10.1. The molecule has 3 nitrogen and oxygen atoms in total. The van der Waals surface area contributed by atoms with Gasteiger partial charge in [0.15, 0.2) is 0 Å². The molecule has 0 radical (unpaired) electrons. The first-order chi connectivity index (χ1) is 7.81. The fourth-order valence-corrected chi connectivity index (χ4v) is 1.57. The van der Waals surface area contributed by atoms with Crippen LogP contribution in [0.5, 0.6) is 0 Å². The molecule has 0 N–H and O–H groups in total. The second kappa shape index (κ2) is 4.92. The average molecular weight is 217 g/mol. The van der Waals surface area contributed by atoms with Gasteiger partial charge < -0.3 is 4.74 Å². The number of ether oxygens (including phenoxy) is 1. The van der Waals surface area contributed by atoms with Crippen molar-refractivity contribution in [1.29, 1.82) is 0 Å². The molecule has 1 heterocycles. The summed E-state index contributed by atoms with van der Waals surface area (Å²) < 4.78 is 5.10. The number of aliphatic imine (C=N–C) groups is 1. The maximum absolute atomic E-state index is 11.1. The van der Waals surface area contributed by atoms with Crippen molar-refractivity contribution >= 4 is 11.7 Å². The summed E-state index contributed by atoms with van der Waals surface area (Å²) in [6.07, 6.45) is 1.32. The lowest BCUT2D eigenvalue weighted by Gasteiger charge is -2.01. The molecule has 3 heteroatoms. The second-order valence-electron chi connectivity index (χ2n) is 3.83. The minimum Gasteiger partial charge on any atom is -0.463 e. The number of benzene rings is 1. The minimum atomic E-state index is -0.128. The number of esters is 1. The summed E-state index contributed by atoms with van der Waals surface area (Å²) in [5.74, 6) is -0.128. The number of hydrogen-bond donors (Lipinski definition) is 0. The first-order valence-electron chi connectivity index (χ1n) is 5.60. The molecule has 1 aliphatic rings. The molecule has 2 rings (SSSR count). The zero-order valence-electron chi connectivity index (χ0n) is 9.35. The molecule has 1 aromatic rings. The summed E-state index contributed by atoms with van der Waals surface area (Å²) in [5, 5.41) is 0. The highest BCUT2D eigenvalue weighted by Gasteiger charge is 2.29. The molecule has 1 atom stereocenters. The molecule has 0 amide bonds. The van der Waals surface area contributed by atoms with E-state index in [-0.39, 0.29) is 12.0 Å². The SMILES string of the molecule is CCCC(=O)OC[C@@H]1N=C1c1ccccc1. The maximum atomic E-state index is 11.1. The van der Waals surface area contributed by atoms with Crippen LogP contribution in [-0.2, 0) is 9.53 Å². The van der Waals surface area contributed by atoms with Crippen LogP contribution in [0.3, 0.4) is 0 Å². The predicted molar refractivity (Wildman–Crippen MR) is 62.6 cm³/mol. The van der Waals surface area contributed by atoms with E-state index in [1.54, 1.807) is 0 Å². The Balaban J connectivity index is 1.75. The summed E-state index contributed by atoms with van der Waals surface area (Å²) in [4.78, 5) is 15.4. The van der Waals surface area contributed by atoms with Crippen LogP contribution in [0.25, 0.3) is 0 Å². The van der Waals surface area contributed by atoms with Gasteiger partial charge in [-0.05, 0) is 12.0 Å². The number of hydrogen-bond acceptors (Lipinski definition) is 3. The van der Waals surface area contributed by atoms with Gasteiger partial charge in [-0.15, -0.1) is 0 Å². The van der Waals surface area contributed by atoms with E-state index in [4.69, 9.17) is 4.74 Å². The van der Waals surface area contributed by atoms with Gasteiger partial charge in [0.05, 0.1) is 5.71 Å². The van der Waals surface area contributed by atoms with Gasteiger partial charge in [0, 0.05) is 6.42 Å². The van der Waals surface area contributed by atoms with E-state index in [1.165, 1.54) is 0 Å². The maximum Gasteiger partial charge on any atom is 0.305 e. The van der Waals surface area contributed by atoms with Gasteiger partial charge in [0.25, 0.3) is 0 Å². The van der Waals surface area contributed by atoms with Crippen LogP contribution in [0.4, 0.5) is 0 Å². The third-order valence-corrected chi connectivity index (χ3v) is 2.47. The van der Waals surface area contributed by atoms with Crippen LogP contribution < -0.4 is 0 Å². The Morgan fingerprint density at radius 3 is 2.81 bits per heavy atom. The predicted octanol–water partition coefficient (Wildman–Crippen LogP) is 2.20. The first-order valence-corrected chi connectivity index (χ1v) is 5.60. The van der Waals surface area contributed by atoms with Gasteiger partial charge in [-0.25, -0.2) is 0 Å². The summed E-state index contributed by atoms with van der Waals surface area (Å²) >= 11 is 0. The normalized spacial score (nSPS) is 17.8. The van der Waals surface area contributed by atoms with Crippen molar-refractivity contribution in [3.05, 3.63) is 35.9 Å². The Labute approximate surface area is 95.2 Å². The van der Waals surface area contributed by atoms with E-state index in [9.17, 15) is 4.79 Å². The summed E-state index contributed by atoms with van der Waals surface area (Å²) in [7, 11) is 0. The average Bonchev–Trinajstić information content (AvgIpc) is 3.07. The molecule has 1 aromatic carbocycles. The van der Waals surface area contributed by atoms with E-state index in [0.29, 0.717) is 13.0 Å². The molecule has 0 saturated heterocycles. The van der Waals surface area contributed by atoms with Crippen molar-refractivity contribution in [2.45, 2.75) is 25.8 Å². The molecule has 0 aromatic heterocycles. The van der Waals surface area contributed by atoms with Gasteiger partial charge >= 0.3 is 5.97 Å². The Hall–Kier alpha value is -1.64. The number of nitrogens with zero attached hydrogens (tertiary/aromatic N) is 1. The molecule has 84 valence electrons. The molecule has 0 spiro atoms. The molecule has 0 aliphatic carbocycles. The van der Waals surface area contributed by atoms with Crippen molar-refractivity contribution in [3.8, 4) is 0 Å². The molecular formula is C13H15NO2. The fraction of sp³-hybridized carbons (Fsp3) is 0.385. The van der Waals surface area contributed by atoms with E-state index in [1.807, 2.05) is 37.3 Å². The lowest BCUT2D eigenvalue weighted by Crippen LogP contribution is -2.13. The van der Waals surface area contributed by atoms with Crippen LogP contribution in [0.1, 0.15) is 25.3 Å². The Morgan fingerprint density at radius 2 is 2.12 bits per heavy atom. The second-order valence-corrected chi connectivity index (χ2v) is 3.83. The standard InChI is InChI=1S/C13H15NO2/c1-2-6-12(15)16-9-11-13(14-11)10-7-4-3-5-8-10/h3-5,7-8,11H,2,6,9H2,1H3/t11-/m0/s1. The Kier molecular flexibility index (Phi) is 3.34. The largest absolute Gasteiger partial charge is 0.463 e.